The molecule has 0 saturated heterocycles. The summed E-state index contributed by atoms with van der Waals surface area (Å²) in [5.41, 5.74) is 0. The van der Waals surface area contributed by atoms with Crippen LogP contribution in [0.5, 0.6) is 5.75 Å². The Morgan fingerprint density at radius 3 is 2.59 bits per heavy atom. The standard InChI is InChI=1S/C12H13N3OS/c1-13-11-10(16-2)12(15-8-14-11)17-9-6-4-3-5-7-9/h3-8H,1-2H3,(H,13,14,15). The van der Waals surface area contributed by atoms with Gasteiger partial charge in [-0.15, -0.1) is 0 Å². The third kappa shape index (κ3) is 2.68. The molecule has 2 rings (SSSR count). The molecular formula is C12H13N3OS. The van der Waals surface area contributed by atoms with Gasteiger partial charge in [0.1, 0.15) is 11.4 Å². The molecule has 4 nitrogen and oxygen atoms in total. The predicted octanol–water partition coefficient (Wildman–Crippen LogP) is 2.68. The van der Waals surface area contributed by atoms with Crippen LogP contribution in [-0.4, -0.2) is 24.1 Å². The highest BCUT2D eigenvalue weighted by molar-refractivity contribution is 7.99. The molecule has 0 amide bonds. The molecule has 88 valence electrons. The van der Waals surface area contributed by atoms with Crippen LogP contribution >= 0.6 is 11.8 Å². The Hall–Kier alpha value is -1.75. The number of methoxy groups -OCH3 is 1. The number of aromatic nitrogens is 2. The fraction of sp³-hybridized carbons (Fsp3) is 0.167. The molecule has 0 spiro atoms. The highest BCUT2D eigenvalue weighted by Gasteiger charge is 2.11. The van der Waals surface area contributed by atoms with Crippen molar-refractivity contribution >= 4 is 17.6 Å². The Balaban J connectivity index is 2.33. The maximum atomic E-state index is 5.33. The topological polar surface area (TPSA) is 47.0 Å². The van der Waals surface area contributed by atoms with Crippen molar-refractivity contribution in [2.75, 3.05) is 19.5 Å². The van der Waals surface area contributed by atoms with E-state index in [-0.39, 0.29) is 0 Å². The molecule has 1 N–H and O–H groups in total. The van der Waals surface area contributed by atoms with Crippen LogP contribution < -0.4 is 10.1 Å². The highest BCUT2D eigenvalue weighted by atomic mass is 32.2. The second kappa shape index (κ2) is 5.54. The van der Waals surface area contributed by atoms with Crippen LogP contribution in [0.3, 0.4) is 0 Å². The van der Waals surface area contributed by atoms with Crippen LogP contribution in [0.15, 0.2) is 46.6 Å². The molecule has 0 fully saturated rings. The van der Waals surface area contributed by atoms with Crippen molar-refractivity contribution in [3.05, 3.63) is 36.7 Å². The molecule has 1 heterocycles. The van der Waals surface area contributed by atoms with Crippen LogP contribution in [0.2, 0.25) is 0 Å². The second-order valence-electron chi connectivity index (χ2n) is 3.23. The lowest BCUT2D eigenvalue weighted by Crippen LogP contribution is -1.99. The van der Waals surface area contributed by atoms with Gasteiger partial charge in [0.2, 0.25) is 0 Å². The van der Waals surface area contributed by atoms with Gasteiger partial charge in [-0.05, 0) is 12.1 Å². The van der Waals surface area contributed by atoms with Gasteiger partial charge in [0.25, 0.3) is 0 Å². The molecule has 1 aromatic heterocycles. The van der Waals surface area contributed by atoms with E-state index < -0.39 is 0 Å². The van der Waals surface area contributed by atoms with E-state index in [2.05, 4.69) is 15.3 Å². The van der Waals surface area contributed by atoms with Gasteiger partial charge < -0.3 is 10.1 Å². The zero-order valence-corrected chi connectivity index (χ0v) is 10.5. The zero-order valence-electron chi connectivity index (χ0n) is 9.68. The summed E-state index contributed by atoms with van der Waals surface area (Å²) >= 11 is 1.55. The Labute approximate surface area is 104 Å². The van der Waals surface area contributed by atoms with E-state index in [0.29, 0.717) is 11.6 Å². The second-order valence-corrected chi connectivity index (χ2v) is 4.29. The van der Waals surface area contributed by atoms with Crippen molar-refractivity contribution in [3.8, 4) is 5.75 Å². The van der Waals surface area contributed by atoms with Gasteiger partial charge in [0, 0.05) is 11.9 Å². The third-order valence-electron chi connectivity index (χ3n) is 2.17. The maximum absolute atomic E-state index is 5.33. The summed E-state index contributed by atoms with van der Waals surface area (Å²) in [7, 11) is 3.43. The van der Waals surface area contributed by atoms with Gasteiger partial charge in [-0.25, -0.2) is 9.97 Å². The van der Waals surface area contributed by atoms with Gasteiger partial charge in [-0.3, -0.25) is 0 Å². The van der Waals surface area contributed by atoms with Crippen molar-refractivity contribution < 1.29 is 4.74 Å². The van der Waals surface area contributed by atoms with Crippen molar-refractivity contribution in [3.63, 3.8) is 0 Å². The first kappa shape index (κ1) is 11.7. The van der Waals surface area contributed by atoms with Crippen LogP contribution in [-0.2, 0) is 0 Å². The molecule has 0 saturated carbocycles. The quantitative estimate of drug-likeness (QED) is 0.842. The van der Waals surface area contributed by atoms with E-state index in [0.717, 1.165) is 9.92 Å². The third-order valence-corrected chi connectivity index (χ3v) is 3.16. The van der Waals surface area contributed by atoms with Crippen LogP contribution in [0.4, 0.5) is 5.82 Å². The minimum atomic E-state index is 0.670. The minimum absolute atomic E-state index is 0.670. The van der Waals surface area contributed by atoms with Crippen LogP contribution in [0.1, 0.15) is 0 Å². The molecule has 0 aliphatic carbocycles. The summed E-state index contributed by atoms with van der Waals surface area (Å²) in [5, 5.41) is 3.79. The molecule has 17 heavy (non-hydrogen) atoms. The summed E-state index contributed by atoms with van der Waals surface area (Å²) < 4.78 is 5.33. The SMILES string of the molecule is CNc1ncnc(Sc2ccccc2)c1OC. The molecule has 5 heteroatoms. The number of hydrogen-bond donors (Lipinski definition) is 1. The minimum Gasteiger partial charge on any atom is -0.490 e. The van der Waals surface area contributed by atoms with Crippen LogP contribution in [0.25, 0.3) is 0 Å². The predicted molar refractivity (Wildman–Crippen MR) is 68.7 cm³/mol. The Bertz CT molecular complexity index is 490. The zero-order chi connectivity index (χ0) is 12.1. The lowest BCUT2D eigenvalue weighted by atomic mass is 10.4. The Kier molecular flexibility index (Phi) is 3.82. The molecule has 0 bridgehead atoms. The summed E-state index contributed by atoms with van der Waals surface area (Å²) in [6.45, 7) is 0. The number of nitrogens with one attached hydrogen (secondary N) is 1. The van der Waals surface area contributed by atoms with Crippen LogP contribution in [0, 0.1) is 0 Å². The smallest absolute Gasteiger partial charge is 0.194 e. The number of benzene rings is 1. The highest BCUT2D eigenvalue weighted by Crippen LogP contribution is 2.36. The Morgan fingerprint density at radius 2 is 1.94 bits per heavy atom. The molecule has 0 radical (unpaired) electrons. The van der Waals surface area contributed by atoms with E-state index in [1.54, 1.807) is 18.9 Å². The van der Waals surface area contributed by atoms with Gasteiger partial charge >= 0.3 is 0 Å². The first-order valence-corrected chi connectivity index (χ1v) is 5.96. The maximum Gasteiger partial charge on any atom is 0.194 e. The summed E-state index contributed by atoms with van der Waals surface area (Å²) in [5.74, 6) is 1.37. The fourth-order valence-corrected chi connectivity index (χ4v) is 2.28. The summed E-state index contributed by atoms with van der Waals surface area (Å²) in [6.07, 6.45) is 1.53. The lowest BCUT2D eigenvalue weighted by Gasteiger charge is -2.10. The van der Waals surface area contributed by atoms with Gasteiger partial charge in [-0.2, -0.15) is 0 Å². The number of rotatable bonds is 4. The largest absolute Gasteiger partial charge is 0.490 e. The fourth-order valence-electron chi connectivity index (χ4n) is 1.39. The Morgan fingerprint density at radius 1 is 1.18 bits per heavy atom. The average Bonchev–Trinajstić information content (AvgIpc) is 2.39. The van der Waals surface area contributed by atoms with Gasteiger partial charge in [0.05, 0.1) is 7.11 Å². The molecule has 0 aliphatic rings. The number of hydrogen-bond acceptors (Lipinski definition) is 5. The molecule has 2 aromatic rings. The normalized spacial score (nSPS) is 10.0. The lowest BCUT2D eigenvalue weighted by molar-refractivity contribution is 0.400. The van der Waals surface area contributed by atoms with E-state index >= 15 is 0 Å². The molecular weight excluding hydrogens is 234 g/mol. The first-order valence-electron chi connectivity index (χ1n) is 5.14. The monoisotopic (exact) mass is 247 g/mol. The van der Waals surface area contributed by atoms with E-state index in [1.807, 2.05) is 37.4 Å². The van der Waals surface area contributed by atoms with Gasteiger partial charge in [-0.1, -0.05) is 30.0 Å². The summed E-state index contributed by atoms with van der Waals surface area (Å²) in [6, 6.07) is 10.0. The molecule has 0 unspecified atom stereocenters. The van der Waals surface area contributed by atoms with Crippen molar-refractivity contribution in [2.24, 2.45) is 0 Å². The number of nitrogens with zero attached hydrogens (tertiary/aromatic N) is 2. The van der Waals surface area contributed by atoms with Crippen molar-refractivity contribution in [1.82, 2.24) is 9.97 Å². The molecule has 0 atom stereocenters. The van der Waals surface area contributed by atoms with E-state index in [9.17, 15) is 0 Å². The number of ether oxygens (including phenoxy) is 1. The number of anilines is 1. The van der Waals surface area contributed by atoms with Crippen molar-refractivity contribution in [2.45, 2.75) is 9.92 Å². The molecule has 1 aromatic carbocycles. The summed E-state index contributed by atoms with van der Waals surface area (Å²) in [4.78, 5) is 9.47. The van der Waals surface area contributed by atoms with E-state index in [4.69, 9.17) is 4.74 Å². The van der Waals surface area contributed by atoms with E-state index in [1.165, 1.54) is 6.33 Å². The first-order chi connectivity index (χ1) is 8.35. The van der Waals surface area contributed by atoms with Gasteiger partial charge in [0.15, 0.2) is 11.6 Å². The molecule has 0 aliphatic heterocycles. The van der Waals surface area contributed by atoms with Crippen molar-refractivity contribution in [1.29, 1.82) is 0 Å². The average molecular weight is 247 g/mol.